The van der Waals surface area contributed by atoms with E-state index < -0.39 is 0 Å². The molecule has 0 aromatic carbocycles. The fourth-order valence-corrected chi connectivity index (χ4v) is 1.44. The molecular formula is C12H15N3O. The van der Waals surface area contributed by atoms with E-state index in [1.165, 1.54) is 0 Å². The molecule has 0 bridgehead atoms. The summed E-state index contributed by atoms with van der Waals surface area (Å²) in [5.74, 6) is 1.38. The fraction of sp³-hybridized carbons (Fsp3) is 0.417. The number of hydrogen-bond donors (Lipinski definition) is 0. The molecule has 0 atom stereocenters. The molecule has 16 heavy (non-hydrogen) atoms. The predicted octanol–water partition coefficient (Wildman–Crippen LogP) is 2.33. The molecule has 0 aliphatic rings. The van der Waals surface area contributed by atoms with Gasteiger partial charge in [0.05, 0.1) is 24.2 Å². The van der Waals surface area contributed by atoms with Crippen molar-refractivity contribution in [2.75, 3.05) is 7.11 Å². The lowest BCUT2D eigenvalue weighted by atomic mass is 9.95. The van der Waals surface area contributed by atoms with Crippen LogP contribution in [0.2, 0.25) is 0 Å². The highest BCUT2D eigenvalue weighted by Crippen LogP contribution is 2.26. The van der Waals surface area contributed by atoms with Gasteiger partial charge in [-0.3, -0.25) is 4.98 Å². The minimum atomic E-state index is -0.0999. The van der Waals surface area contributed by atoms with E-state index in [9.17, 15) is 0 Å². The quantitative estimate of drug-likeness (QED) is 0.735. The van der Waals surface area contributed by atoms with Crippen LogP contribution in [0.25, 0.3) is 10.9 Å². The van der Waals surface area contributed by atoms with Crippen molar-refractivity contribution in [2.45, 2.75) is 26.2 Å². The van der Waals surface area contributed by atoms with E-state index in [4.69, 9.17) is 4.74 Å². The molecular weight excluding hydrogens is 202 g/mol. The summed E-state index contributed by atoms with van der Waals surface area (Å²) in [4.78, 5) is 13.0. The third-order valence-corrected chi connectivity index (χ3v) is 2.33. The van der Waals surface area contributed by atoms with Crippen LogP contribution in [-0.4, -0.2) is 22.1 Å². The van der Waals surface area contributed by atoms with Crippen LogP contribution in [-0.2, 0) is 5.41 Å². The first-order valence-corrected chi connectivity index (χ1v) is 5.18. The number of hydrogen-bond acceptors (Lipinski definition) is 4. The van der Waals surface area contributed by atoms with Crippen LogP contribution in [0.15, 0.2) is 18.5 Å². The van der Waals surface area contributed by atoms with Crippen molar-refractivity contribution >= 4 is 10.9 Å². The number of ether oxygens (including phenoxy) is 1. The highest BCUT2D eigenvalue weighted by molar-refractivity contribution is 5.82. The molecule has 2 aromatic rings. The molecule has 0 amide bonds. The zero-order chi connectivity index (χ0) is 11.8. The van der Waals surface area contributed by atoms with Crippen LogP contribution in [0.1, 0.15) is 26.6 Å². The summed E-state index contributed by atoms with van der Waals surface area (Å²) < 4.78 is 5.28. The SMILES string of the molecule is COc1nc(C(C)(C)C)nc2cnccc12. The summed E-state index contributed by atoms with van der Waals surface area (Å²) >= 11 is 0. The van der Waals surface area contributed by atoms with Gasteiger partial charge in [-0.15, -0.1) is 0 Å². The molecule has 0 unspecified atom stereocenters. The molecule has 0 N–H and O–H groups in total. The Morgan fingerprint density at radius 3 is 2.56 bits per heavy atom. The summed E-state index contributed by atoms with van der Waals surface area (Å²) in [6, 6.07) is 1.86. The van der Waals surface area contributed by atoms with Crippen LogP contribution in [0, 0.1) is 0 Å². The Morgan fingerprint density at radius 2 is 1.94 bits per heavy atom. The lowest BCUT2D eigenvalue weighted by Gasteiger charge is -2.17. The average Bonchev–Trinajstić information content (AvgIpc) is 2.26. The van der Waals surface area contributed by atoms with Crippen molar-refractivity contribution in [2.24, 2.45) is 0 Å². The smallest absolute Gasteiger partial charge is 0.224 e. The van der Waals surface area contributed by atoms with E-state index in [1.807, 2.05) is 6.07 Å². The monoisotopic (exact) mass is 217 g/mol. The number of methoxy groups -OCH3 is 1. The first-order valence-electron chi connectivity index (χ1n) is 5.18. The van der Waals surface area contributed by atoms with Crippen LogP contribution >= 0.6 is 0 Å². The van der Waals surface area contributed by atoms with Gasteiger partial charge in [0.15, 0.2) is 0 Å². The maximum atomic E-state index is 5.28. The van der Waals surface area contributed by atoms with Gasteiger partial charge in [-0.1, -0.05) is 20.8 Å². The fourth-order valence-electron chi connectivity index (χ4n) is 1.44. The molecule has 2 heterocycles. The Labute approximate surface area is 94.7 Å². The van der Waals surface area contributed by atoms with Crippen molar-refractivity contribution in [1.82, 2.24) is 15.0 Å². The molecule has 0 spiro atoms. The Bertz CT molecular complexity index is 517. The molecule has 0 saturated carbocycles. The Morgan fingerprint density at radius 1 is 1.19 bits per heavy atom. The summed E-state index contributed by atoms with van der Waals surface area (Å²) in [7, 11) is 1.62. The third kappa shape index (κ3) is 1.83. The van der Waals surface area contributed by atoms with Gasteiger partial charge < -0.3 is 4.74 Å². The standard InChI is InChI=1S/C12H15N3O/c1-12(2,3)11-14-9-7-13-6-5-8(9)10(15-11)16-4/h5-7H,1-4H3. The van der Waals surface area contributed by atoms with E-state index in [0.717, 1.165) is 16.7 Å². The number of aromatic nitrogens is 3. The van der Waals surface area contributed by atoms with Gasteiger partial charge in [0.1, 0.15) is 5.82 Å². The normalized spacial score (nSPS) is 11.8. The average molecular weight is 217 g/mol. The second-order valence-electron chi connectivity index (χ2n) is 4.70. The summed E-state index contributed by atoms with van der Waals surface area (Å²) in [6.45, 7) is 6.22. The number of pyridine rings is 1. The van der Waals surface area contributed by atoms with Crippen LogP contribution in [0.3, 0.4) is 0 Å². The van der Waals surface area contributed by atoms with Gasteiger partial charge in [-0.2, -0.15) is 4.98 Å². The first kappa shape index (κ1) is 10.8. The van der Waals surface area contributed by atoms with E-state index in [1.54, 1.807) is 19.5 Å². The zero-order valence-corrected chi connectivity index (χ0v) is 9.98. The highest BCUT2D eigenvalue weighted by Gasteiger charge is 2.19. The molecule has 84 valence electrons. The summed E-state index contributed by atoms with van der Waals surface area (Å²) in [6.07, 6.45) is 3.44. The van der Waals surface area contributed by atoms with Crippen molar-refractivity contribution in [3.05, 3.63) is 24.3 Å². The Balaban J connectivity index is 2.73. The van der Waals surface area contributed by atoms with Crippen LogP contribution in [0.5, 0.6) is 5.88 Å². The summed E-state index contributed by atoms with van der Waals surface area (Å²) in [5, 5.41) is 0.894. The lowest BCUT2D eigenvalue weighted by molar-refractivity contribution is 0.395. The third-order valence-electron chi connectivity index (χ3n) is 2.33. The minimum Gasteiger partial charge on any atom is -0.480 e. The van der Waals surface area contributed by atoms with E-state index in [0.29, 0.717) is 5.88 Å². The zero-order valence-electron chi connectivity index (χ0n) is 9.98. The van der Waals surface area contributed by atoms with Crippen molar-refractivity contribution < 1.29 is 4.74 Å². The summed E-state index contributed by atoms with van der Waals surface area (Å²) in [5.41, 5.74) is 0.719. The van der Waals surface area contributed by atoms with E-state index in [2.05, 4.69) is 35.7 Å². The Hall–Kier alpha value is -1.71. The highest BCUT2D eigenvalue weighted by atomic mass is 16.5. The van der Waals surface area contributed by atoms with Gasteiger partial charge in [-0.25, -0.2) is 4.98 Å². The lowest BCUT2D eigenvalue weighted by Crippen LogP contribution is -2.16. The van der Waals surface area contributed by atoms with E-state index >= 15 is 0 Å². The van der Waals surface area contributed by atoms with Gasteiger partial charge in [0, 0.05) is 11.6 Å². The number of rotatable bonds is 1. The van der Waals surface area contributed by atoms with Crippen molar-refractivity contribution in [3.63, 3.8) is 0 Å². The topological polar surface area (TPSA) is 47.9 Å². The molecule has 2 aromatic heterocycles. The van der Waals surface area contributed by atoms with Crippen LogP contribution < -0.4 is 4.74 Å². The maximum Gasteiger partial charge on any atom is 0.224 e. The van der Waals surface area contributed by atoms with Crippen LogP contribution in [0.4, 0.5) is 0 Å². The molecule has 0 fully saturated rings. The largest absolute Gasteiger partial charge is 0.480 e. The molecule has 0 aliphatic heterocycles. The number of fused-ring (bicyclic) bond motifs is 1. The molecule has 2 rings (SSSR count). The van der Waals surface area contributed by atoms with Gasteiger partial charge in [-0.05, 0) is 6.07 Å². The maximum absolute atomic E-state index is 5.28. The van der Waals surface area contributed by atoms with Crippen molar-refractivity contribution in [3.8, 4) is 5.88 Å². The second kappa shape index (κ2) is 3.70. The number of nitrogens with zero attached hydrogens (tertiary/aromatic N) is 3. The first-order chi connectivity index (χ1) is 7.52. The Kier molecular flexibility index (Phi) is 2.50. The molecule has 0 radical (unpaired) electrons. The van der Waals surface area contributed by atoms with Crippen molar-refractivity contribution in [1.29, 1.82) is 0 Å². The molecule has 0 aliphatic carbocycles. The predicted molar refractivity (Wildman–Crippen MR) is 62.6 cm³/mol. The molecule has 4 heteroatoms. The van der Waals surface area contributed by atoms with E-state index in [-0.39, 0.29) is 5.41 Å². The second-order valence-corrected chi connectivity index (χ2v) is 4.70. The van der Waals surface area contributed by atoms with Gasteiger partial charge >= 0.3 is 0 Å². The minimum absolute atomic E-state index is 0.0999. The molecule has 0 saturated heterocycles. The molecule has 4 nitrogen and oxygen atoms in total. The van der Waals surface area contributed by atoms with Gasteiger partial charge in [0.2, 0.25) is 5.88 Å². The van der Waals surface area contributed by atoms with Gasteiger partial charge in [0.25, 0.3) is 0 Å².